The number of anilines is 1. The van der Waals surface area contributed by atoms with E-state index in [0.717, 1.165) is 30.0 Å². The van der Waals surface area contributed by atoms with Gasteiger partial charge in [-0.2, -0.15) is 0 Å². The average Bonchev–Trinajstić information content (AvgIpc) is 2.50. The topological polar surface area (TPSA) is 55.1 Å². The summed E-state index contributed by atoms with van der Waals surface area (Å²) in [5.74, 6) is 0.922. The maximum absolute atomic E-state index is 12.2. The molecule has 0 saturated heterocycles. The Bertz CT molecular complexity index is 491. The standard InChI is InChI=1S/C19H30N2O.ClH/c1-4-19(2,3)15-7-11-17(12-8-15)21-18(22)13-14-5-9-16(20)10-6-14;/h5-6,9-10,15,17H,4,7-8,11-13,20H2,1-3H3,(H,21,22);1H. The zero-order chi connectivity index (χ0) is 16.2. The number of nitrogens with one attached hydrogen (secondary N) is 1. The number of rotatable bonds is 5. The summed E-state index contributed by atoms with van der Waals surface area (Å²) >= 11 is 0. The molecule has 130 valence electrons. The minimum absolute atomic E-state index is 0. The minimum atomic E-state index is 0. The third-order valence-corrected chi connectivity index (χ3v) is 5.45. The smallest absolute Gasteiger partial charge is 0.224 e. The molecule has 1 fully saturated rings. The Morgan fingerprint density at radius 2 is 1.74 bits per heavy atom. The molecule has 0 atom stereocenters. The van der Waals surface area contributed by atoms with Crippen molar-refractivity contribution in [1.29, 1.82) is 0 Å². The van der Waals surface area contributed by atoms with E-state index in [1.54, 1.807) is 0 Å². The van der Waals surface area contributed by atoms with Crippen LogP contribution in [-0.2, 0) is 11.2 Å². The molecule has 0 bridgehead atoms. The summed E-state index contributed by atoms with van der Waals surface area (Å²) in [4.78, 5) is 12.2. The third-order valence-electron chi connectivity index (χ3n) is 5.45. The number of nitrogens with two attached hydrogens (primary N) is 1. The van der Waals surface area contributed by atoms with Crippen LogP contribution >= 0.6 is 12.4 Å². The van der Waals surface area contributed by atoms with Crippen molar-refractivity contribution in [2.45, 2.75) is 65.3 Å². The number of carbonyl (C=O) groups is 1. The van der Waals surface area contributed by atoms with Crippen LogP contribution in [0.15, 0.2) is 24.3 Å². The van der Waals surface area contributed by atoms with Crippen LogP contribution in [0, 0.1) is 11.3 Å². The number of carbonyl (C=O) groups excluding carboxylic acids is 1. The molecule has 23 heavy (non-hydrogen) atoms. The summed E-state index contributed by atoms with van der Waals surface area (Å²) in [5.41, 5.74) is 7.85. The molecule has 4 heteroatoms. The lowest BCUT2D eigenvalue weighted by molar-refractivity contribution is -0.121. The Morgan fingerprint density at radius 1 is 1.17 bits per heavy atom. The number of nitrogen functional groups attached to an aromatic ring is 1. The van der Waals surface area contributed by atoms with Crippen LogP contribution in [0.5, 0.6) is 0 Å². The highest BCUT2D eigenvalue weighted by atomic mass is 35.5. The van der Waals surface area contributed by atoms with Crippen LogP contribution in [0.2, 0.25) is 0 Å². The van der Waals surface area contributed by atoms with Gasteiger partial charge in [-0.1, -0.05) is 39.3 Å². The quantitative estimate of drug-likeness (QED) is 0.784. The van der Waals surface area contributed by atoms with Gasteiger partial charge in [0.25, 0.3) is 0 Å². The van der Waals surface area contributed by atoms with E-state index < -0.39 is 0 Å². The van der Waals surface area contributed by atoms with Gasteiger partial charge in [0, 0.05) is 11.7 Å². The van der Waals surface area contributed by atoms with E-state index in [1.807, 2.05) is 24.3 Å². The second-order valence-corrected chi connectivity index (χ2v) is 7.38. The molecule has 0 spiro atoms. The van der Waals surface area contributed by atoms with E-state index in [1.165, 1.54) is 19.3 Å². The molecule has 3 N–H and O–H groups in total. The van der Waals surface area contributed by atoms with E-state index >= 15 is 0 Å². The first-order valence-electron chi connectivity index (χ1n) is 8.54. The lowest BCUT2D eigenvalue weighted by atomic mass is 9.69. The van der Waals surface area contributed by atoms with Gasteiger partial charge in [0.2, 0.25) is 5.91 Å². The highest BCUT2D eigenvalue weighted by Gasteiger charge is 2.32. The Hall–Kier alpha value is -1.22. The molecule has 0 aromatic heterocycles. The summed E-state index contributed by atoms with van der Waals surface area (Å²) in [7, 11) is 0. The zero-order valence-corrected chi connectivity index (χ0v) is 15.4. The van der Waals surface area contributed by atoms with E-state index in [-0.39, 0.29) is 18.3 Å². The second-order valence-electron chi connectivity index (χ2n) is 7.38. The molecule has 1 saturated carbocycles. The first kappa shape index (κ1) is 19.8. The Labute approximate surface area is 146 Å². The SMILES string of the molecule is CCC(C)(C)C1CCC(NC(=O)Cc2ccc(N)cc2)CC1.Cl. The molecule has 0 heterocycles. The summed E-state index contributed by atoms with van der Waals surface area (Å²) in [6, 6.07) is 7.90. The molecule has 1 amide bonds. The Morgan fingerprint density at radius 3 is 2.26 bits per heavy atom. The number of amides is 1. The van der Waals surface area contributed by atoms with Crippen LogP contribution < -0.4 is 11.1 Å². The minimum Gasteiger partial charge on any atom is -0.399 e. The lowest BCUT2D eigenvalue weighted by Gasteiger charge is -2.39. The zero-order valence-electron chi connectivity index (χ0n) is 14.6. The summed E-state index contributed by atoms with van der Waals surface area (Å²) in [5, 5.41) is 3.20. The van der Waals surface area contributed by atoms with Crippen molar-refractivity contribution >= 4 is 24.0 Å². The third kappa shape index (κ3) is 5.72. The van der Waals surface area contributed by atoms with Crippen molar-refractivity contribution in [3.63, 3.8) is 0 Å². The highest BCUT2D eigenvalue weighted by Crippen LogP contribution is 2.40. The predicted molar refractivity (Wildman–Crippen MR) is 99.8 cm³/mol. The van der Waals surface area contributed by atoms with Gasteiger partial charge in [0.1, 0.15) is 0 Å². The van der Waals surface area contributed by atoms with Gasteiger partial charge < -0.3 is 11.1 Å². The van der Waals surface area contributed by atoms with Gasteiger partial charge in [-0.15, -0.1) is 12.4 Å². The molecule has 1 aromatic carbocycles. The molecule has 1 aliphatic carbocycles. The first-order valence-corrected chi connectivity index (χ1v) is 8.54. The molecule has 0 unspecified atom stereocenters. The van der Waals surface area contributed by atoms with Crippen LogP contribution in [0.1, 0.15) is 58.4 Å². The van der Waals surface area contributed by atoms with Crippen molar-refractivity contribution < 1.29 is 4.79 Å². The van der Waals surface area contributed by atoms with Gasteiger partial charge in [0.05, 0.1) is 6.42 Å². The summed E-state index contributed by atoms with van der Waals surface area (Å²) < 4.78 is 0. The number of hydrogen-bond donors (Lipinski definition) is 2. The first-order chi connectivity index (χ1) is 10.4. The summed E-state index contributed by atoms with van der Waals surface area (Å²) in [6.07, 6.45) is 6.36. The van der Waals surface area contributed by atoms with Crippen molar-refractivity contribution in [1.82, 2.24) is 5.32 Å². The average molecular weight is 339 g/mol. The van der Waals surface area contributed by atoms with Crippen molar-refractivity contribution in [3.05, 3.63) is 29.8 Å². The predicted octanol–water partition coefficient (Wildman–Crippen LogP) is 4.34. The van der Waals surface area contributed by atoms with Gasteiger partial charge in [-0.3, -0.25) is 4.79 Å². The largest absolute Gasteiger partial charge is 0.399 e. The molecular formula is C19H31ClN2O. The molecule has 2 rings (SSSR count). The van der Waals surface area contributed by atoms with Gasteiger partial charge in [-0.25, -0.2) is 0 Å². The Kier molecular flexibility index (Phi) is 7.40. The molecule has 1 aromatic rings. The van der Waals surface area contributed by atoms with Crippen molar-refractivity contribution in [2.24, 2.45) is 11.3 Å². The number of halogens is 1. The molecule has 3 nitrogen and oxygen atoms in total. The molecule has 1 aliphatic rings. The van der Waals surface area contributed by atoms with E-state index in [4.69, 9.17) is 5.73 Å². The maximum Gasteiger partial charge on any atom is 0.224 e. The fourth-order valence-corrected chi connectivity index (χ4v) is 3.41. The summed E-state index contributed by atoms with van der Waals surface area (Å²) in [6.45, 7) is 7.02. The van der Waals surface area contributed by atoms with Crippen LogP contribution in [0.4, 0.5) is 5.69 Å². The lowest BCUT2D eigenvalue weighted by Crippen LogP contribution is -2.40. The van der Waals surface area contributed by atoms with E-state index in [0.29, 0.717) is 17.9 Å². The van der Waals surface area contributed by atoms with Crippen LogP contribution in [0.3, 0.4) is 0 Å². The van der Waals surface area contributed by atoms with E-state index in [9.17, 15) is 4.79 Å². The van der Waals surface area contributed by atoms with Crippen LogP contribution in [0.25, 0.3) is 0 Å². The highest BCUT2D eigenvalue weighted by molar-refractivity contribution is 5.85. The Balaban J connectivity index is 0.00000264. The monoisotopic (exact) mass is 338 g/mol. The van der Waals surface area contributed by atoms with Crippen molar-refractivity contribution in [3.8, 4) is 0 Å². The fourth-order valence-electron chi connectivity index (χ4n) is 3.41. The van der Waals surface area contributed by atoms with Gasteiger partial charge >= 0.3 is 0 Å². The maximum atomic E-state index is 12.2. The molecule has 0 radical (unpaired) electrons. The molecule has 0 aliphatic heterocycles. The van der Waals surface area contributed by atoms with E-state index in [2.05, 4.69) is 26.1 Å². The second kappa shape index (κ2) is 8.58. The number of benzene rings is 1. The normalized spacial score (nSPS) is 21.3. The van der Waals surface area contributed by atoms with Gasteiger partial charge in [-0.05, 0) is 54.7 Å². The molecular weight excluding hydrogens is 308 g/mol. The van der Waals surface area contributed by atoms with Gasteiger partial charge in [0.15, 0.2) is 0 Å². The van der Waals surface area contributed by atoms with Crippen LogP contribution in [-0.4, -0.2) is 11.9 Å². The van der Waals surface area contributed by atoms with Crippen molar-refractivity contribution in [2.75, 3.05) is 5.73 Å². The fraction of sp³-hybridized carbons (Fsp3) is 0.632. The number of hydrogen-bond acceptors (Lipinski definition) is 2.